The number of benzene rings is 2. The Morgan fingerprint density at radius 2 is 1.74 bits per heavy atom. The summed E-state index contributed by atoms with van der Waals surface area (Å²) >= 11 is 11.8. The van der Waals surface area contributed by atoms with E-state index in [2.05, 4.69) is 5.32 Å². The molecule has 1 atom stereocenters. The lowest BCUT2D eigenvalue weighted by Crippen LogP contribution is -2.36. The number of hydrogen-bond acceptors (Lipinski definition) is 4. The number of phenolic OH excluding ortho intramolecular Hbond substituents is 1. The molecule has 3 N–H and O–H groups in total. The maximum absolute atomic E-state index is 12.4. The molecular weight excluding hydrogens is 410 g/mol. The van der Waals surface area contributed by atoms with Crippen molar-refractivity contribution in [2.45, 2.75) is 19.2 Å². The van der Waals surface area contributed by atoms with E-state index >= 15 is 0 Å². The van der Waals surface area contributed by atoms with Crippen LogP contribution in [0.25, 0.3) is 0 Å². The fourth-order valence-corrected chi connectivity index (χ4v) is 2.60. The van der Waals surface area contributed by atoms with Gasteiger partial charge in [-0.1, -0.05) is 23.2 Å². The molecule has 0 saturated heterocycles. The topological polar surface area (TPSA) is 86.6 Å². The van der Waals surface area contributed by atoms with Crippen molar-refractivity contribution < 1.29 is 33.0 Å². The van der Waals surface area contributed by atoms with Crippen LogP contribution >= 0.6 is 23.2 Å². The molecule has 0 saturated carbocycles. The Balaban J connectivity index is 2.28. The van der Waals surface area contributed by atoms with Crippen LogP contribution in [0.3, 0.4) is 0 Å². The Hall–Kier alpha value is -2.29. The molecule has 0 aliphatic rings. The van der Waals surface area contributed by atoms with Crippen LogP contribution in [-0.4, -0.2) is 34.2 Å². The molecule has 0 aliphatic carbocycles. The number of alkyl halides is 3. The molecule has 0 heterocycles. The van der Waals surface area contributed by atoms with E-state index in [9.17, 15) is 27.9 Å². The summed E-state index contributed by atoms with van der Waals surface area (Å²) in [6, 6.07) is 5.60. The van der Waals surface area contributed by atoms with Gasteiger partial charge in [0.2, 0.25) is 11.9 Å². The van der Waals surface area contributed by atoms with Gasteiger partial charge in [0.05, 0.1) is 16.3 Å². The van der Waals surface area contributed by atoms with Gasteiger partial charge < -0.3 is 15.5 Å². The van der Waals surface area contributed by atoms with Gasteiger partial charge in [-0.2, -0.15) is 13.2 Å². The molecule has 5 nitrogen and oxygen atoms in total. The number of Topliss-reactive ketones (excluding diaryl/α,β-unsaturated/α-hetero) is 1. The van der Waals surface area contributed by atoms with Crippen molar-refractivity contribution >= 4 is 40.6 Å². The van der Waals surface area contributed by atoms with Gasteiger partial charge in [-0.15, -0.1) is 0 Å². The molecule has 27 heavy (non-hydrogen) atoms. The van der Waals surface area contributed by atoms with Crippen molar-refractivity contribution in [3.05, 3.63) is 57.1 Å². The first-order chi connectivity index (χ1) is 12.4. The van der Waals surface area contributed by atoms with Crippen molar-refractivity contribution in [3.63, 3.8) is 0 Å². The molecule has 0 fully saturated rings. The molecule has 0 spiro atoms. The minimum absolute atomic E-state index is 0.0153. The third-order valence-corrected chi connectivity index (χ3v) is 4.39. The number of amides is 1. The Morgan fingerprint density at radius 3 is 2.30 bits per heavy atom. The number of aromatic hydroxyl groups is 1. The molecule has 0 radical (unpaired) electrons. The lowest BCUT2D eigenvalue weighted by atomic mass is 10.0. The molecule has 144 valence electrons. The second-order valence-electron chi connectivity index (χ2n) is 5.52. The molecule has 1 unspecified atom stereocenters. The lowest BCUT2D eigenvalue weighted by Gasteiger charge is -2.15. The third kappa shape index (κ3) is 4.52. The molecular formula is C17H12Cl2F3NO4. The largest absolute Gasteiger partial charge is 0.507 e. The third-order valence-electron chi connectivity index (χ3n) is 3.66. The number of carbonyl (C=O) groups is 2. The minimum atomic E-state index is -5.11. The smallest absolute Gasteiger partial charge is 0.421 e. The van der Waals surface area contributed by atoms with E-state index in [1.165, 1.54) is 19.1 Å². The highest BCUT2D eigenvalue weighted by Gasteiger charge is 2.43. The first kappa shape index (κ1) is 21.0. The zero-order valence-electron chi connectivity index (χ0n) is 13.6. The Labute approximate surface area is 161 Å². The molecule has 1 amide bonds. The summed E-state index contributed by atoms with van der Waals surface area (Å²) in [7, 11) is 0. The summed E-state index contributed by atoms with van der Waals surface area (Å²) in [4.78, 5) is 24.0. The lowest BCUT2D eigenvalue weighted by molar-refractivity contribution is -0.186. The summed E-state index contributed by atoms with van der Waals surface area (Å²) in [5.41, 5.74) is -0.292. The number of ketones is 1. The summed E-state index contributed by atoms with van der Waals surface area (Å²) in [6.07, 6.45) is -8.29. The minimum Gasteiger partial charge on any atom is -0.507 e. The normalized spacial score (nSPS) is 12.6. The van der Waals surface area contributed by atoms with E-state index in [-0.39, 0.29) is 27.0 Å². The van der Waals surface area contributed by atoms with E-state index < -0.39 is 29.5 Å². The number of halogens is 5. The molecule has 0 aliphatic heterocycles. The van der Waals surface area contributed by atoms with Crippen LogP contribution in [0.15, 0.2) is 30.3 Å². The average Bonchev–Trinajstić information content (AvgIpc) is 2.58. The fourth-order valence-electron chi connectivity index (χ4n) is 2.22. The highest BCUT2D eigenvalue weighted by atomic mass is 35.5. The zero-order valence-corrected chi connectivity index (χ0v) is 15.1. The monoisotopic (exact) mass is 421 g/mol. The van der Waals surface area contributed by atoms with Crippen molar-refractivity contribution in [1.82, 2.24) is 0 Å². The van der Waals surface area contributed by atoms with Crippen LogP contribution in [0.2, 0.25) is 10.0 Å². The standard InChI is InChI=1S/C17H12Cl2F3NO4/c1-7-9(18)3-5-12(24)13(7)16(27)23-11-4-2-8(6-10(11)19)14(25)15(26)17(20,21)22/h2-6,15,24,26H,1H3,(H,23,27). The van der Waals surface area contributed by atoms with Gasteiger partial charge >= 0.3 is 6.18 Å². The first-order valence-corrected chi connectivity index (χ1v) is 8.07. The second-order valence-corrected chi connectivity index (χ2v) is 6.34. The number of hydrogen-bond donors (Lipinski definition) is 3. The number of aliphatic hydroxyl groups is 1. The van der Waals surface area contributed by atoms with E-state index in [4.69, 9.17) is 28.3 Å². The van der Waals surface area contributed by atoms with Gasteiger partial charge in [0.25, 0.3) is 5.91 Å². The molecule has 0 bridgehead atoms. The number of carbonyl (C=O) groups excluding carboxylic acids is 2. The van der Waals surface area contributed by atoms with Crippen molar-refractivity contribution in [2.24, 2.45) is 0 Å². The van der Waals surface area contributed by atoms with Gasteiger partial charge in [0, 0.05) is 10.6 Å². The summed E-state index contributed by atoms with van der Waals surface area (Å²) in [5, 5.41) is 21.3. The van der Waals surface area contributed by atoms with Gasteiger partial charge in [-0.3, -0.25) is 9.59 Å². The van der Waals surface area contributed by atoms with Crippen LogP contribution in [-0.2, 0) is 0 Å². The SMILES string of the molecule is Cc1c(Cl)ccc(O)c1C(=O)Nc1ccc(C(=O)C(O)C(F)(F)F)cc1Cl. The van der Waals surface area contributed by atoms with Crippen LogP contribution < -0.4 is 5.32 Å². The van der Waals surface area contributed by atoms with Gasteiger partial charge in [-0.05, 0) is 42.8 Å². The van der Waals surface area contributed by atoms with Crippen LogP contribution in [0.4, 0.5) is 18.9 Å². The fraction of sp³-hybridized carbons (Fsp3) is 0.176. The molecule has 2 aromatic rings. The number of aliphatic hydroxyl groups excluding tert-OH is 1. The maximum Gasteiger partial charge on any atom is 0.421 e. The summed E-state index contributed by atoms with van der Waals surface area (Å²) in [5.74, 6) is -2.67. The van der Waals surface area contributed by atoms with Crippen molar-refractivity contribution in [2.75, 3.05) is 5.32 Å². The predicted octanol–water partition coefficient (Wildman–Crippen LogP) is 4.37. The molecule has 2 rings (SSSR count). The molecule has 10 heteroatoms. The Morgan fingerprint density at radius 1 is 1.11 bits per heavy atom. The maximum atomic E-state index is 12.4. The zero-order chi connectivity index (χ0) is 20.5. The van der Waals surface area contributed by atoms with E-state index in [0.29, 0.717) is 5.56 Å². The van der Waals surface area contributed by atoms with Crippen LogP contribution in [0, 0.1) is 6.92 Å². The summed E-state index contributed by atoms with van der Waals surface area (Å²) < 4.78 is 37.3. The summed E-state index contributed by atoms with van der Waals surface area (Å²) in [6.45, 7) is 1.51. The predicted molar refractivity (Wildman–Crippen MR) is 93.7 cm³/mol. The highest BCUT2D eigenvalue weighted by molar-refractivity contribution is 6.34. The van der Waals surface area contributed by atoms with Crippen molar-refractivity contribution in [1.29, 1.82) is 0 Å². The number of phenols is 1. The quantitative estimate of drug-likeness (QED) is 0.639. The first-order valence-electron chi connectivity index (χ1n) is 7.31. The van der Waals surface area contributed by atoms with E-state index in [1.807, 2.05) is 0 Å². The number of anilines is 1. The molecule has 0 aromatic heterocycles. The number of rotatable bonds is 4. The van der Waals surface area contributed by atoms with Crippen LogP contribution in [0.1, 0.15) is 26.3 Å². The Bertz CT molecular complexity index is 916. The highest BCUT2D eigenvalue weighted by Crippen LogP contribution is 2.30. The van der Waals surface area contributed by atoms with Crippen LogP contribution in [0.5, 0.6) is 5.75 Å². The average molecular weight is 422 g/mol. The van der Waals surface area contributed by atoms with E-state index in [1.54, 1.807) is 0 Å². The second kappa shape index (κ2) is 7.75. The Kier molecular flexibility index (Phi) is 6.04. The van der Waals surface area contributed by atoms with E-state index in [0.717, 1.165) is 18.2 Å². The number of nitrogens with one attached hydrogen (secondary N) is 1. The van der Waals surface area contributed by atoms with Gasteiger partial charge in [-0.25, -0.2) is 0 Å². The van der Waals surface area contributed by atoms with Gasteiger partial charge in [0.15, 0.2) is 0 Å². The molecule has 2 aromatic carbocycles. The van der Waals surface area contributed by atoms with Gasteiger partial charge in [0.1, 0.15) is 5.75 Å². The van der Waals surface area contributed by atoms with Crippen molar-refractivity contribution in [3.8, 4) is 5.75 Å².